The molecule has 2 saturated heterocycles. The number of rotatable bonds is 3. The van der Waals surface area contributed by atoms with Gasteiger partial charge in [-0.25, -0.2) is 0 Å². The lowest BCUT2D eigenvalue weighted by atomic mass is 9.97. The predicted octanol–water partition coefficient (Wildman–Crippen LogP) is 0.0750. The summed E-state index contributed by atoms with van der Waals surface area (Å²) in [6, 6.07) is 1.70. The first-order valence-corrected chi connectivity index (χ1v) is 5.85. The zero-order valence-corrected chi connectivity index (χ0v) is 9.57. The van der Waals surface area contributed by atoms with E-state index in [9.17, 15) is 4.79 Å². The molecule has 2 aliphatic heterocycles. The second-order valence-corrected chi connectivity index (χ2v) is 5.01. The van der Waals surface area contributed by atoms with E-state index in [1.807, 2.05) is 14.0 Å². The molecule has 4 nitrogen and oxygen atoms in total. The van der Waals surface area contributed by atoms with Crippen molar-refractivity contribution in [2.75, 3.05) is 7.05 Å². The third-order valence-corrected chi connectivity index (χ3v) is 4.05. The number of amides is 1. The molecule has 2 heterocycles. The van der Waals surface area contributed by atoms with Gasteiger partial charge in [0.05, 0.1) is 6.04 Å². The van der Waals surface area contributed by atoms with Crippen LogP contribution in [0.1, 0.15) is 32.6 Å². The fraction of sp³-hybridized carbons (Fsp3) is 0.909. The van der Waals surface area contributed by atoms with E-state index in [4.69, 9.17) is 5.73 Å². The van der Waals surface area contributed by atoms with Crippen LogP contribution in [0.5, 0.6) is 0 Å². The first-order valence-electron chi connectivity index (χ1n) is 5.85. The summed E-state index contributed by atoms with van der Waals surface area (Å²) in [5.41, 5.74) is 5.33. The van der Waals surface area contributed by atoms with Crippen LogP contribution in [-0.2, 0) is 4.79 Å². The molecule has 86 valence electrons. The highest BCUT2D eigenvalue weighted by Gasteiger charge is 2.36. The van der Waals surface area contributed by atoms with Crippen LogP contribution in [0.2, 0.25) is 0 Å². The minimum absolute atomic E-state index is 0.146. The Balaban J connectivity index is 1.96. The van der Waals surface area contributed by atoms with E-state index >= 15 is 0 Å². The zero-order valence-electron chi connectivity index (χ0n) is 9.57. The topological polar surface area (TPSA) is 58.4 Å². The lowest BCUT2D eigenvalue weighted by molar-refractivity contribution is -0.123. The Kier molecular flexibility index (Phi) is 2.98. The third kappa shape index (κ3) is 2.16. The molecule has 0 aromatic rings. The first-order chi connectivity index (χ1) is 7.08. The Hall–Kier alpha value is -0.610. The largest absolute Gasteiger partial charge is 0.368 e. The average Bonchev–Trinajstić information content (AvgIpc) is 2.55. The lowest BCUT2D eigenvalue weighted by Crippen LogP contribution is -2.52. The van der Waals surface area contributed by atoms with E-state index in [0.29, 0.717) is 18.1 Å². The maximum Gasteiger partial charge on any atom is 0.234 e. The molecule has 3 N–H and O–H groups in total. The minimum Gasteiger partial charge on any atom is -0.368 e. The second kappa shape index (κ2) is 4.10. The Morgan fingerprint density at radius 3 is 2.40 bits per heavy atom. The van der Waals surface area contributed by atoms with Crippen molar-refractivity contribution in [3.63, 3.8) is 0 Å². The molecule has 3 unspecified atom stereocenters. The number of hydrogen-bond donors (Lipinski definition) is 2. The third-order valence-electron chi connectivity index (χ3n) is 4.05. The zero-order chi connectivity index (χ0) is 11.0. The Labute approximate surface area is 91.2 Å². The van der Waals surface area contributed by atoms with Gasteiger partial charge in [0.25, 0.3) is 0 Å². The molecule has 0 aliphatic carbocycles. The van der Waals surface area contributed by atoms with Gasteiger partial charge in [-0.15, -0.1) is 0 Å². The molecule has 0 saturated carbocycles. The second-order valence-electron chi connectivity index (χ2n) is 5.01. The number of fused-ring (bicyclic) bond motifs is 2. The van der Waals surface area contributed by atoms with E-state index in [-0.39, 0.29) is 11.9 Å². The summed E-state index contributed by atoms with van der Waals surface area (Å²) in [6.45, 7) is 1.90. The van der Waals surface area contributed by atoms with Gasteiger partial charge in [-0.05, 0) is 39.7 Å². The Bertz CT molecular complexity index is 244. The van der Waals surface area contributed by atoms with Crippen LogP contribution in [0, 0.1) is 0 Å². The van der Waals surface area contributed by atoms with Crippen molar-refractivity contribution in [2.45, 2.75) is 56.8 Å². The normalized spacial score (nSPS) is 36.9. The molecular formula is C11H21N3O. The fourth-order valence-corrected chi connectivity index (χ4v) is 2.88. The van der Waals surface area contributed by atoms with Gasteiger partial charge in [0.2, 0.25) is 5.91 Å². The van der Waals surface area contributed by atoms with Gasteiger partial charge in [0.1, 0.15) is 0 Å². The van der Waals surface area contributed by atoms with Gasteiger partial charge in [-0.3, -0.25) is 9.69 Å². The van der Waals surface area contributed by atoms with Crippen LogP contribution in [-0.4, -0.2) is 42.0 Å². The molecule has 15 heavy (non-hydrogen) atoms. The maximum absolute atomic E-state index is 11.1. The highest BCUT2D eigenvalue weighted by Crippen LogP contribution is 2.29. The van der Waals surface area contributed by atoms with Crippen LogP contribution in [0.3, 0.4) is 0 Å². The Morgan fingerprint density at radius 2 is 1.93 bits per heavy atom. The number of nitrogens with two attached hydrogens (primary N) is 1. The molecule has 1 amide bonds. The van der Waals surface area contributed by atoms with Gasteiger partial charge in [-0.1, -0.05) is 0 Å². The molecule has 0 spiro atoms. The summed E-state index contributed by atoms with van der Waals surface area (Å²) >= 11 is 0. The van der Waals surface area contributed by atoms with Crippen LogP contribution in [0.25, 0.3) is 0 Å². The average molecular weight is 211 g/mol. The van der Waals surface area contributed by atoms with Crippen molar-refractivity contribution >= 4 is 5.91 Å². The number of likely N-dealkylation sites (N-methyl/N-ethyl adjacent to an activating group) is 1. The number of carbonyl (C=O) groups is 1. The summed E-state index contributed by atoms with van der Waals surface area (Å²) in [6.07, 6.45) is 4.90. The summed E-state index contributed by atoms with van der Waals surface area (Å²) in [5.74, 6) is -0.219. The number of nitrogens with zero attached hydrogens (tertiary/aromatic N) is 1. The highest BCUT2D eigenvalue weighted by molar-refractivity contribution is 5.79. The fourth-order valence-electron chi connectivity index (χ4n) is 2.88. The summed E-state index contributed by atoms with van der Waals surface area (Å²) < 4.78 is 0. The van der Waals surface area contributed by atoms with Gasteiger partial charge in [-0.2, -0.15) is 0 Å². The summed E-state index contributed by atoms with van der Waals surface area (Å²) in [4.78, 5) is 13.3. The standard InChI is InChI=1S/C11H21N3O/c1-7(11(12)15)14(2)10-5-8-3-4-9(6-10)13-8/h7-10,13H,3-6H2,1-2H3,(H2,12,15). The minimum atomic E-state index is -0.219. The van der Waals surface area contributed by atoms with E-state index in [1.165, 1.54) is 12.8 Å². The molecule has 2 rings (SSSR count). The van der Waals surface area contributed by atoms with Crippen LogP contribution >= 0.6 is 0 Å². The van der Waals surface area contributed by atoms with Gasteiger partial charge in [0, 0.05) is 18.1 Å². The van der Waals surface area contributed by atoms with Crippen molar-refractivity contribution < 1.29 is 4.79 Å². The van der Waals surface area contributed by atoms with Gasteiger partial charge in [0.15, 0.2) is 0 Å². The van der Waals surface area contributed by atoms with Crippen molar-refractivity contribution in [3.05, 3.63) is 0 Å². The Morgan fingerprint density at radius 1 is 1.40 bits per heavy atom. The molecular weight excluding hydrogens is 190 g/mol. The molecule has 2 aliphatic rings. The van der Waals surface area contributed by atoms with Crippen LogP contribution in [0.4, 0.5) is 0 Å². The highest BCUT2D eigenvalue weighted by atomic mass is 16.1. The van der Waals surface area contributed by atoms with Crippen LogP contribution < -0.4 is 11.1 Å². The summed E-state index contributed by atoms with van der Waals surface area (Å²) in [7, 11) is 2.02. The molecule has 3 atom stereocenters. The van der Waals surface area contributed by atoms with E-state index in [2.05, 4.69) is 10.2 Å². The molecule has 0 aromatic heterocycles. The van der Waals surface area contributed by atoms with E-state index in [0.717, 1.165) is 12.8 Å². The SMILES string of the molecule is CC(C(N)=O)N(C)C1CC2CCC(C1)N2. The van der Waals surface area contributed by atoms with Crippen LogP contribution in [0.15, 0.2) is 0 Å². The quantitative estimate of drug-likeness (QED) is 0.695. The first kappa shape index (κ1) is 10.9. The van der Waals surface area contributed by atoms with E-state index in [1.54, 1.807) is 0 Å². The van der Waals surface area contributed by atoms with Crippen molar-refractivity contribution in [1.29, 1.82) is 0 Å². The number of primary amides is 1. The monoisotopic (exact) mass is 211 g/mol. The maximum atomic E-state index is 11.1. The molecule has 0 radical (unpaired) electrons. The summed E-state index contributed by atoms with van der Waals surface area (Å²) in [5, 5.41) is 3.60. The van der Waals surface area contributed by atoms with E-state index < -0.39 is 0 Å². The predicted molar refractivity (Wildman–Crippen MR) is 59.4 cm³/mol. The smallest absolute Gasteiger partial charge is 0.234 e. The van der Waals surface area contributed by atoms with Crippen molar-refractivity contribution in [3.8, 4) is 0 Å². The van der Waals surface area contributed by atoms with Crippen molar-refractivity contribution in [2.24, 2.45) is 5.73 Å². The molecule has 4 heteroatoms. The molecule has 2 bridgehead atoms. The number of carbonyl (C=O) groups excluding carboxylic acids is 1. The number of nitrogens with one attached hydrogen (secondary N) is 1. The number of piperidine rings is 1. The van der Waals surface area contributed by atoms with Crippen molar-refractivity contribution in [1.82, 2.24) is 10.2 Å². The number of hydrogen-bond acceptors (Lipinski definition) is 3. The molecule has 2 fully saturated rings. The van der Waals surface area contributed by atoms with Gasteiger partial charge >= 0.3 is 0 Å². The van der Waals surface area contributed by atoms with Gasteiger partial charge < -0.3 is 11.1 Å². The molecule has 0 aromatic carbocycles. The lowest BCUT2D eigenvalue weighted by Gasteiger charge is -2.37.